The van der Waals surface area contributed by atoms with Crippen molar-refractivity contribution in [1.82, 2.24) is 4.98 Å². The van der Waals surface area contributed by atoms with Crippen molar-refractivity contribution in [3.63, 3.8) is 0 Å². The van der Waals surface area contributed by atoms with Crippen LogP contribution < -0.4 is 0 Å². The largest absolute Gasteiger partial charge is 0.466 e. The van der Waals surface area contributed by atoms with E-state index in [-0.39, 0.29) is 11.9 Å². The maximum absolute atomic E-state index is 12.2. The van der Waals surface area contributed by atoms with Crippen molar-refractivity contribution in [2.24, 2.45) is 0 Å². The average molecular weight is 396 g/mol. The number of aryl methyl sites for hydroxylation is 1. The van der Waals surface area contributed by atoms with Gasteiger partial charge in [-0.2, -0.15) is 0 Å². The van der Waals surface area contributed by atoms with Gasteiger partial charge in [0.05, 0.1) is 18.7 Å². The fourth-order valence-corrected chi connectivity index (χ4v) is 3.14. The van der Waals surface area contributed by atoms with Crippen molar-refractivity contribution in [2.45, 2.75) is 39.5 Å². The quantitative estimate of drug-likeness (QED) is 0.531. The summed E-state index contributed by atoms with van der Waals surface area (Å²) in [7, 11) is 0. The van der Waals surface area contributed by atoms with Gasteiger partial charge < -0.3 is 14.5 Å². The molecule has 2 aromatic rings. The predicted octanol–water partition coefficient (Wildman–Crippen LogP) is 4.38. The fourth-order valence-electron chi connectivity index (χ4n) is 2.68. The van der Waals surface area contributed by atoms with Crippen LogP contribution in [0.2, 0.25) is 0 Å². The first-order chi connectivity index (χ1) is 11.6. The highest BCUT2D eigenvalue weighted by molar-refractivity contribution is 9.10. The summed E-state index contributed by atoms with van der Waals surface area (Å²) in [6.45, 7) is 4.32. The van der Waals surface area contributed by atoms with Gasteiger partial charge in [0.25, 0.3) is 0 Å². The van der Waals surface area contributed by atoms with E-state index in [4.69, 9.17) is 9.47 Å². The van der Waals surface area contributed by atoms with Crippen molar-refractivity contribution >= 4 is 38.8 Å². The number of para-hydroxylation sites is 1. The van der Waals surface area contributed by atoms with Crippen molar-refractivity contribution in [1.29, 1.82) is 0 Å². The minimum absolute atomic E-state index is 0.176. The molecule has 0 radical (unpaired) electrons. The molecule has 5 nitrogen and oxygen atoms in total. The maximum atomic E-state index is 12.2. The topological polar surface area (TPSA) is 68.4 Å². The Hall–Kier alpha value is -1.82. The van der Waals surface area contributed by atoms with Crippen LogP contribution >= 0.6 is 15.9 Å². The Morgan fingerprint density at radius 3 is 2.58 bits per heavy atom. The Morgan fingerprint density at radius 2 is 1.88 bits per heavy atom. The Labute approximate surface area is 149 Å². The summed E-state index contributed by atoms with van der Waals surface area (Å²) in [6, 6.07) is 5.86. The number of hydrogen-bond donors (Lipinski definition) is 1. The second-order valence-corrected chi connectivity index (χ2v) is 6.23. The number of carbonyl (C=O) groups is 2. The number of unbranched alkanes of at least 4 members (excludes halogenated alkanes) is 1. The lowest BCUT2D eigenvalue weighted by Gasteiger charge is -2.05. The van der Waals surface area contributed by atoms with E-state index in [1.54, 1.807) is 13.8 Å². The molecule has 1 aromatic heterocycles. The van der Waals surface area contributed by atoms with Crippen molar-refractivity contribution in [3.05, 3.63) is 33.9 Å². The van der Waals surface area contributed by atoms with Gasteiger partial charge in [0.15, 0.2) is 0 Å². The third-order valence-corrected chi connectivity index (χ3v) is 4.39. The minimum Gasteiger partial charge on any atom is -0.466 e. The van der Waals surface area contributed by atoms with E-state index in [0.717, 1.165) is 33.8 Å². The van der Waals surface area contributed by atoms with Gasteiger partial charge in [-0.25, -0.2) is 4.79 Å². The lowest BCUT2D eigenvalue weighted by atomic mass is 10.0. The van der Waals surface area contributed by atoms with Crippen LogP contribution in [0.1, 0.15) is 49.2 Å². The lowest BCUT2D eigenvalue weighted by Crippen LogP contribution is -2.08. The summed E-state index contributed by atoms with van der Waals surface area (Å²) in [5.74, 6) is -0.522. The van der Waals surface area contributed by atoms with Gasteiger partial charge in [-0.3, -0.25) is 4.79 Å². The van der Waals surface area contributed by atoms with E-state index < -0.39 is 0 Å². The van der Waals surface area contributed by atoms with Gasteiger partial charge in [0.2, 0.25) is 0 Å². The number of carbonyl (C=O) groups excluding carboxylic acids is 2. The summed E-state index contributed by atoms with van der Waals surface area (Å²) in [6.07, 6.45) is 2.62. The standard InChI is InChI=1S/C18H22BrNO4/c1-3-23-15(21)11-6-5-8-13-12-9-7-10-14(19)16(12)20-17(13)18(22)24-4-2/h7,9-10,20H,3-6,8,11H2,1-2H3. The first-order valence-electron chi connectivity index (χ1n) is 8.20. The van der Waals surface area contributed by atoms with Crippen LogP contribution in [0.25, 0.3) is 10.9 Å². The van der Waals surface area contributed by atoms with E-state index in [1.165, 1.54) is 0 Å². The van der Waals surface area contributed by atoms with Crippen LogP contribution in [0.3, 0.4) is 0 Å². The van der Waals surface area contributed by atoms with Crippen molar-refractivity contribution < 1.29 is 19.1 Å². The molecule has 0 unspecified atom stereocenters. The number of aromatic amines is 1. The molecule has 1 aromatic carbocycles. The molecule has 0 bridgehead atoms. The highest BCUT2D eigenvalue weighted by Gasteiger charge is 2.19. The molecule has 130 valence electrons. The number of rotatable bonds is 8. The molecule has 0 saturated heterocycles. The molecule has 6 heteroatoms. The van der Waals surface area contributed by atoms with Crippen LogP contribution in [0.15, 0.2) is 22.7 Å². The summed E-state index contributed by atoms with van der Waals surface area (Å²) in [5, 5.41) is 1.00. The summed E-state index contributed by atoms with van der Waals surface area (Å²) < 4.78 is 11.0. The maximum Gasteiger partial charge on any atom is 0.355 e. The van der Waals surface area contributed by atoms with Gasteiger partial charge in [0.1, 0.15) is 5.69 Å². The number of fused-ring (bicyclic) bond motifs is 1. The molecule has 0 aliphatic heterocycles. The molecule has 1 heterocycles. The van der Waals surface area contributed by atoms with Crippen molar-refractivity contribution in [2.75, 3.05) is 13.2 Å². The monoisotopic (exact) mass is 395 g/mol. The number of aromatic nitrogens is 1. The van der Waals surface area contributed by atoms with E-state index in [1.807, 2.05) is 18.2 Å². The number of nitrogens with one attached hydrogen (secondary N) is 1. The molecular formula is C18H22BrNO4. The second kappa shape index (κ2) is 8.87. The number of benzene rings is 1. The molecule has 1 N–H and O–H groups in total. The first-order valence-corrected chi connectivity index (χ1v) is 8.99. The molecule has 24 heavy (non-hydrogen) atoms. The zero-order valence-corrected chi connectivity index (χ0v) is 15.6. The molecule has 0 aliphatic rings. The van der Waals surface area contributed by atoms with Crippen LogP contribution in [0.4, 0.5) is 0 Å². The van der Waals surface area contributed by atoms with Gasteiger partial charge in [-0.1, -0.05) is 12.1 Å². The highest BCUT2D eigenvalue weighted by atomic mass is 79.9. The normalized spacial score (nSPS) is 10.8. The van der Waals surface area contributed by atoms with Crippen LogP contribution in [0, 0.1) is 0 Å². The lowest BCUT2D eigenvalue weighted by molar-refractivity contribution is -0.143. The zero-order chi connectivity index (χ0) is 17.5. The minimum atomic E-state index is -0.346. The Bertz CT molecular complexity index is 723. The average Bonchev–Trinajstić information content (AvgIpc) is 2.92. The molecular weight excluding hydrogens is 374 g/mol. The third-order valence-electron chi connectivity index (χ3n) is 3.73. The van der Waals surface area contributed by atoms with Crippen molar-refractivity contribution in [3.8, 4) is 0 Å². The highest BCUT2D eigenvalue weighted by Crippen LogP contribution is 2.30. The molecule has 2 rings (SSSR count). The third kappa shape index (κ3) is 4.38. The van der Waals surface area contributed by atoms with Gasteiger partial charge >= 0.3 is 11.9 Å². The number of ether oxygens (including phenoxy) is 2. The molecule has 0 spiro atoms. The zero-order valence-electron chi connectivity index (χ0n) is 14.0. The molecule has 0 aliphatic carbocycles. The number of hydrogen-bond acceptors (Lipinski definition) is 4. The summed E-state index contributed by atoms with van der Waals surface area (Å²) in [5.41, 5.74) is 2.32. The van der Waals surface area contributed by atoms with E-state index in [9.17, 15) is 9.59 Å². The molecule has 0 fully saturated rings. The fraction of sp³-hybridized carbons (Fsp3) is 0.444. The van der Waals surface area contributed by atoms with E-state index >= 15 is 0 Å². The van der Waals surface area contributed by atoms with Gasteiger partial charge in [0, 0.05) is 16.3 Å². The Kier molecular flexibility index (Phi) is 6.85. The number of esters is 2. The first kappa shape index (κ1) is 18.5. The Morgan fingerprint density at radius 1 is 1.12 bits per heavy atom. The molecule has 0 saturated carbocycles. The van der Waals surface area contributed by atoms with Gasteiger partial charge in [-0.15, -0.1) is 0 Å². The van der Waals surface area contributed by atoms with Crippen LogP contribution in [-0.2, 0) is 20.7 Å². The number of H-pyrrole nitrogens is 1. The SMILES string of the molecule is CCOC(=O)CCCCc1c(C(=O)OCC)[nH]c2c(Br)cccc12. The molecule has 0 amide bonds. The smallest absolute Gasteiger partial charge is 0.355 e. The molecule has 0 atom stereocenters. The van der Waals surface area contributed by atoms with E-state index in [0.29, 0.717) is 31.7 Å². The van der Waals surface area contributed by atoms with Crippen LogP contribution in [0.5, 0.6) is 0 Å². The van der Waals surface area contributed by atoms with E-state index in [2.05, 4.69) is 20.9 Å². The predicted molar refractivity (Wildman–Crippen MR) is 96.1 cm³/mol. The van der Waals surface area contributed by atoms with Gasteiger partial charge in [-0.05, 0) is 60.7 Å². The second-order valence-electron chi connectivity index (χ2n) is 5.37. The Balaban J connectivity index is 2.17. The van der Waals surface area contributed by atoms with Crippen LogP contribution in [-0.4, -0.2) is 30.1 Å². The summed E-state index contributed by atoms with van der Waals surface area (Å²) in [4.78, 5) is 26.8. The summed E-state index contributed by atoms with van der Waals surface area (Å²) >= 11 is 3.51. The number of halogens is 1.